The molecule has 0 fully saturated rings. The summed E-state index contributed by atoms with van der Waals surface area (Å²) >= 11 is 0. The number of nitrogens with one attached hydrogen (secondary N) is 1. The lowest BCUT2D eigenvalue weighted by Gasteiger charge is -2.18. The number of carbonyl (C=O) groups is 1. The molecule has 166 valence electrons. The molecule has 0 saturated heterocycles. The molecule has 4 rings (SSSR count). The molecule has 1 aliphatic rings. The average molecular weight is 437 g/mol. The molecular formula is C22H23N5O5. The molecule has 32 heavy (non-hydrogen) atoms. The summed E-state index contributed by atoms with van der Waals surface area (Å²) in [5.74, 6) is 1.15. The number of nitrogens with zero attached hydrogens (tertiary/aromatic N) is 4. The van der Waals surface area contributed by atoms with Crippen molar-refractivity contribution in [2.24, 2.45) is 0 Å². The van der Waals surface area contributed by atoms with E-state index in [1.54, 1.807) is 24.3 Å². The Bertz CT molecular complexity index is 1250. The van der Waals surface area contributed by atoms with Gasteiger partial charge in [-0.1, -0.05) is 6.07 Å². The van der Waals surface area contributed by atoms with Crippen molar-refractivity contribution in [3.63, 3.8) is 0 Å². The first-order chi connectivity index (χ1) is 15.5. The third kappa shape index (κ3) is 4.20. The Kier molecular flexibility index (Phi) is 5.93. The summed E-state index contributed by atoms with van der Waals surface area (Å²) in [6, 6.07) is 14.2. The van der Waals surface area contributed by atoms with Crippen LogP contribution in [0.1, 0.15) is 6.92 Å². The zero-order valence-electron chi connectivity index (χ0n) is 17.8. The third-order valence-electron chi connectivity index (χ3n) is 5.01. The van der Waals surface area contributed by atoms with Gasteiger partial charge in [-0.15, -0.1) is 5.10 Å². The number of fused-ring (bicyclic) bond motifs is 1. The number of hydrogen-bond acceptors (Lipinski definition) is 7. The zero-order chi connectivity index (χ0) is 22.7. The first-order valence-electron chi connectivity index (χ1n) is 10.2. The molecule has 10 heteroatoms. The number of anilines is 3. The number of ether oxygens (including phenoxy) is 2. The van der Waals surface area contributed by atoms with Crippen LogP contribution in [0.3, 0.4) is 0 Å². The predicted molar refractivity (Wildman–Crippen MR) is 119 cm³/mol. The van der Waals surface area contributed by atoms with E-state index in [9.17, 15) is 14.4 Å². The fraction of sp³-hybridized carbons (Fsp3) is 0.273. The smallest absolute Gasteiger partial charge is 0.333 e. The van der Waals surface area contributed by atoms with E-state index in [1.807, 2.05) is 36.1 Å². The van der Waals surface area contributed by atoms with E-state index in [4.69, 9.17) is 9.47 Å². The fourth-order valence-electron chi connectivity index (χ4n) is 3.50. The highest BCUT2D eigenvalue weighted by Crippen LogP contribution is 2.28. The van der Waals surface area contributed by atoms with Crippen molar-refractivity contribution in [1.29, 1.82) is 0 Å². The summed E-state index contributed by atoms with van der Waals surface area (Å²) in [6.07, 6.45) is 0. The van der Waals surface area contributed by atoms with Crippen LogP contribution >= 0.6 is 0 Å². The maximum absolute atomic E-state index is 12.6. The Morgan fingerprint density at radius 1 is 1.06 bits per heavy atom. The Hall–Kier alpha value is -4.08. The van der Waals surface area contributed by atoms with Gasteiger partial charge in [0.15, 0.2) is 0 Å². The normalized spacial score (nSPS) is 12.4. The van der Waals surface area contributed by atoms with Crippen molar-refractivity contribution < 1.29 is 14.3 Å². The number of methoxy groups -OCH3 is 1. The van der Waals surface area contributed by atoms with Crippen molar-refractivity contribution in [1.82, 2.24) is 14.3 Å². The van der Waals surface area contributed by atoms with Gasteiger partial charge in [0.05, 0.1) is 13.7 Å². The molecule has 1 aromatic heterocycles. The third-order valence-corrected chi connectivity index (χ3v) is 5.01. The molecule has 0 saturated carbocycles. The fourth-order valence-corrected chi connectivity index (χ4v) is 3.50. The highest BCUT2D eigenvalue weighted by atomic mass is 16.5. The highest BCUT2D eigenvalue weighted by molar-refractivity contribution is 5.90. The van der Waals surface area contributed by atoms with Gasteiger partial charge in [0.1, 0.15) is 18.0 Å². The molecule has 1 aliphatic heterocycles. The minimum atomic E-state index is -0.844. The minimum Gasteiger partial charge on any atom is -0.497 e. The van der Waals surface area contributed by atoms with Crippen LogP contribution < -0.4 is 30.8 Å². The number of aromatic nitrogens is 3. The molecule has 0 radical (unpaired) electrons. The van der Waals surface area contributed by atoms with E-state index >= 15 is 0 Å². The van der Waals surface area contributed by atoms with Crippen LogP contribution in [0.5, 0.6) is 11.5 Å². The topological polar surface area (TPSA) is 108 Å². The molecular weight excluding hydrogens is 414 g/mol. The SMILES string of the molecule is CCOc1ccc(N2CCn3c2nn(CC(=O)Nc2cccc(OC)c2)c(=O)c3=O)cc1. The molecule has 0 spiro atoms. The first-order valence-corrected chi connectivity index (χ1v) is 10.2. The van der Waals surface area contributed by atoms with E-state index in [0.29, 0.717) is 37.1 Å². The number of hydrogen-bond donors (Lipinski definition) is 1. The van der Waals surface area contributed by atoms with E-state index in [1.165, 1.54) is 11.7 Å². The van der Waals surface area contributed by atoms with E-state index in [0.717, 1.165) is 16.1 Å². The monoisotopic (exact) mass is 437 g/mol. The Morgan fingerprint density at radius 3 is 2.56 bits per heavy atom. The maximum atomic E-state index is 12.6. The lowest BCUT2D eigenvalue weighted by molar-refractivity contribution is -0.117. The van der Waals surface area contributed by atoms with Gasteiger partial charge in [0, 0.05) is 30.5 Å². The summed E-state index contributed by atoms with van der Waals surface area (Å²) < 4.78 is 12.8. The molecule has 1 N–H and O–H groups in total. The number of benzene rings is 2. The second kappa shape index (κ2) is 8.96. The predicted octanol–water partition coefficient (Wildman–Crippen LogP) is 1.60. The molecule has 2 heterocycles. The second-order valence-corrected chi connectivity index (χ2v) is 7.08. The van der Waals surface area contributed by atoms with Gasteiger partial charge >= 0.3 is 11.1 Å². The molecule has 10 nitrogen and oxygen atoms in total. The number of carbonyl (C=O) groups excluding carboxylic acids is 1. The van der Waals surface area contributed by atoms with Crippen LogP contribution in [0, 0.1) is 0 Å². The van der Waals surface area contributed by atoms with Crippen LogP contribution in [0.2, 0.25) is 0 Å². The standard InChI is InChI=1S/C22H23N5O5/c1-3-32-17-9-7-16(8-10-17)25-11-12-26-20(29)21(30)27(24-22(25)26)14-19(28)23-15-5-4-6-18(13-15)31-2/h4-10,13H,3,11-12,14H2,1-2H3,(H,23,28). The Morgan fingerprint density at radius 2 is 1.84 bits per heavy atom. The van der Waals surface area contributed by atoms with Gasteiger partial charge in [0.2, 0.25) is 11.9 Å². The van der Waals surface area contributed by atoms with E-state index in [-0.39, 0.29) is 0 Å². The van der Waals surface area contributed by atoms with Gasteiger partial charge in [-0.05, 0) is 43.3 Å². The van der Waals surface area contributed by atoms with Crippen molar-refractivity contribution in [2.75, 3.05) is 30.5 Å². The van der Waals surface area contributed by atoms with Gasteiger partial charge < -0.3 is 19.7 Å². The van der Waals surface area contributed by atoms with Crippen LogP contribution in [-0.4, -0.2) is 40.5 Å². The van der Waals surface area contributed by atoms with Crippen LogP contribution in [-0.2, 0) is 17.9 Å². The van der Waals surface area contributed by atoms with E-state index in [2.05, 4.69) is 10.4 Å². The van der Waals surface area contributed by atoms with Crippen molar-refractivity contribution in [3.05, 3.63) is 69.2 Å². The molecule has 1 amide bonds. The zero-order valence-corrected chi connectivity index (χ0v) is 17.8. The lowest BCUT2D eigenvalue weighted by atomic mass is 10.3. The molecule has 0 atom stereocenters. The highest BCUT2D eigenvalue weighted by Gasteiger charge is 2.26. The van der Waals surface area contributed by atoms with Gasteiger partial charge in [0.25, 0.3) is 0 Å². The molecule has 0 bridgehead atoms. The van der Waals surface area contributed by atoms with Crippen molar-refractivity contribution >= 4 is 23.2 Å². The lowest BCUT2D eigenvalue weighted by Crippen LogP contribution is -2.44. The Labute approximate surface area is 183 Å². The molecule has 0 aliphatic carbocycles. The van der Waals surface area contributed by atoms with Crippen molar-refractivity contribution in [2.45, 2.75) is 20.0 Å². The molecule has 0 unspecified atom stereocenters. The first kappa shape index (κ1) is 21.2. The van der Waals surface area contributed by atoms with E-state index < -0.39 is 23.6 Å². The maximum Gasteiger partial charge on any atom is 0.333 e. The molecule has 2 aromatic carbocycles. The van der Waals surface area contributed by atoms with Gasteiger partial charge in [-0.2, -0.15) is 0 Å². The van der Waals surface area contributed by atoms with Crippen molar-refractivity contribution in [3.8, 4) is 11.5 Å². The minimum absolute atomic E-state index is 0.313. The van der Waals surface area contributed by atoms with Crippen LogP contribution in [0.15, 0.2) is 58.1 Å². The quantitative estimate of drug-likeness (QED) is 0.560. The summed E-state index contributed by atoms with van der Waals surface area (Å²) in [7, 11) is 1.53. The largest absolute Gasteiger partial charge is 0.497 e. The van der Waals surface area contributed by atoms with Crippen LogP contribution in [0.4, 0.5) is 17.3 Å². The summed E-state index contributed by atoms with van der Waals surface area (Å²) in [5.41, 5.74) is -0.241. The molecule has 3 aromatic rings. The second-order valence-electron chi connectivity index (χ2n) is 7.08. The average Bonchev–Trinajstić information content (AvgIpc) is 3.22. The number of rotatable bonds is 7. The van der Waals surface area contributed by atoms with Crippen LogP contribution in [0.25, 0.3) is 0 Å². The summed E-state index contributed by atoms with van der Waals surface area (Å²) in [4.78, 5) is 39.5. The summed E-state index contributed by atoms with van der Waals surface area (Å²) in [6.45, 7) is 2.89. The summed E-state index contributed by atoms with van der Waals surface area (Å²) in [5, 5.41) is 7.01. The van der Waals surface area contributed by atoms with Gasteiger partial charge in [-0.3, -0.25) is 19.0 Å². The Balaban J connectivity index is 1.59. The van der Waals surface area contributed by atoms with Gasteiger partial charge in [-0.25, -0.2) is 4.68 Å². The number of amides is 1.